The van der Waals surface area contributed by atoms with Crippen LogP contribution in [0.5, 0.6) is 5.88 Å². The lowest BCUT2D eigenvalue weighted by molar-refractivity contribution is 0.281. The fraction of sp³-hybridized carbons (Fsp3) is 0.176. The highest BCUT2D eigenvalue weighted by Crippen LogP contribution is 2.20. The van der Waals surface area contributed by atoms with Gasteiger partial charge in [-0.05, 0) is 24.6 Å². The molecule has 0 radical (unpaired) electrons. The quantitative estimate of drug-likeness (QED) is 0.451. The van der Waals surface area contributed by atoms with Crippen LogP contribution in [0.2, 0.25) is 0 Å². The summed E-state index contributed by atoms with van der Waals surface area (Å²) in [4.78, 5) is 16.6. The molecule has 0 saturated carbocycles. The Kier molecular flexibility index (Phi) is 6.23. The second kappa shape index (κ2) is 8.58. The van der Waals surface area contributed by atoms with Crippen LogP contribution in [0.15, 0.2) is 53.0 Å². The van der Waals surface area contributed by atoms with Crippen molar-refractivity contribution in [3.05, 3.63) is 54.1 Å². The summed E-state index contributed by atoms with van der Waals surface area (Å²) in [5.74, 6) is 1.59. The van der Waals surface area contributed by atoms with Crippen LogP contribution in [0.1, 0.15) is 18.1 Å². The molecule has 0 spiro atoms. The summed E-state index contributed by atoms with van der Waals surface area (Å²) in [6.07, 6.45) is 3.14. The van der Waals surface area contributed by atoms with Gasteiger partial charge < -0.3 is 26.6 Å². The number of nitrogens with one attached hydrogen (secondary N) is 1. The molecule has 2 aromatic rings. The Hall–Kier alpha value is -3.46. The fourth-order valence-corrected chi connectivity index (χ4v) is 2.07. The molecule has 0 saturated heterocycles. The van der Waals surface area contributed by atoms with E-state index in [0.29, 0.717) is 34.3 Å². The third-order valence-corrected chi connectivity index (χ3v) is 3.20. The molecular weight excluding hydrogens is 334 g/mol. The second-order valence-corrected chi connectivity index (χ2v) is 5.26. The van der Waals surface area contributed by atoms with Crippen molar-refractivity contribution in [3.63, 3.8) is 0 Å². The molecular formula is C17H21N7O2. The number of nitrogens with zero attached hydrogens (tertiary/aromatic N) is 4. The predicted molar refractivity (Wildman–Crippen MR) is 101 cm³/mol. The maximum Gasteiger partial charge on any atom is 0.213 e. The van der Waals surface area contributed by atoms with E-state index in [0.717, 1.165) is 0 Å². The molecule has 2 rings (SSSR count). The Morgan fingerprint density at radius 2 is 2.04 bits per heavy atom. The standard InChI is InChI=1S/C17H21N7O2/c1-10(18)22-11(2)23-16(19)14-6-12(9-25)7-21-17(14)24-13-4-5-15(26-3)20-8-13/h4-8,25H,1,9,18H2,2-3H3,(H,21,24)(H2,19,22,23). The number of methoxy groups -OCH3 is 1. The Morgan fingerprint density at radius 1 is 1.27 bits per heavy atom. The van der Waals surface area contributed by atoms with Gasteiger partial charge in [0, 0.05) is 12.3 Å². The van der Waals surface area contributed by atoms with Gasteiger partial charge in [-0.15, -0.1) is 0 Å². The number of aliphatic imine (C=N–C) groups is 2. The van der Waals surface area contributed by atoms with Crippen molar-refractivity contribution in [2.75, 3.05) is 12.4 Å². The fourth-order valence-electron chi connectivity index (χ4n) is 2.07. The third-order valence-electron chi connectivity index (χ3n) is 3.20. The highest BCUT2D eigenvalue weighted by molar-refractivity contribution is 6.08. The molecule has 0 amide bonds. The largest absolute Gasteiger partial charge is 0.481 e. The van der Waals surface area contributed by atoms with E-state index in [1.165, 1.54) is 0 Å². The van der Waals surface area contributed by atoms with Crippen LogP contribution in [-0.4, -0.2) is 33.9 Å². The van der Waals surface area contributed by atoms with Gasteiger partial charge in [-0.1, -0.05) is 6.58 Å². The van der Waals surface area contributed by atoms with Crippen LogP contribution in [0, 0.1) is 0 Å². The molecule has 0 unspecified atom stereocenters. The van der Waals surface area contributed by atoms with E-state index in [9.17, 15) is 5.11 Å². The van der Waals surface area contributed by atoms with Gasteiger partial charge in [0.15, 0.2) is 0 Å². The summed E-state index contributed by atoms with van der Waals surface area (Å²) in [6, 6.07) is 5.19. The van der Waals surface area contributed by atoms with Gasteiger partial charge in [0.2, 0.25) is 5.88 Å². The van der Waals surface area contributed by atoms with Crippen LogP contribution < -0.4 is 21.5 Å². The number of amidine groups is 2. The number of aromatic nitrogens is 2. The first kappa shape index (κ1) is 18.9. The molecule has 0 fully saturated rings. The molecule has 2 aromatic heterocycles. The smallest absolute Gasteiger partial charge is 0.213 e. The summed E-state index contributed by atoms with van der Waals surface area (Å²) in [5, 5.41) is 12.5. The predicted octanol–water partition coefficient (Wildman–Crippen LogP) is 1.27. The number of hydrogen-bond donors (Lipinski definition) is 4. The van der Waals surface area contributed by atoms with E-state index >= 15 is 0 Å². The van der Waals surface area contributed by atoms with Gasteiger partial charge >= 0.3 is 0 Å². The molecule has 26 heavy (non-hydrogen) atoms. The topological polar surface area (TPSA) is 144 Å². The van der Waals surface area contributed by atoms with Gasteiger partial charge in [-0.3, -0.25) is 0 Å². The van der Waals surface area contributed by atoms with Gasteiger partial charge in [-0.2, -0.15) is 0 Å². The monoisotopic (exact) mass is 355 g/mol. The number of hydrogen-bond acceptors (Lipinski definition) is 7. The average Bonchev–Trinajstić information content (AvgIpc) is 2.61. The Bertz CT molecular complexity index is 845. The first-order chi connectivity index (χ1) is 12.4. The number of pyridine rings is 2. The lowest BCUT2D eigenvalue weighted by Gasteiger charge is -2.12. The van der Waals surface area contributed by atoms with E-state index in [1.807, 2.05) is 0 Å². The Balaban J connectivity index is 2.39. The van der Waals surface area contributed by atoms with E-state index in [4.69, 9.17) is 16.2 Å². The number of nitrogens with two attached hydrogens (primary N) is 2. The maximum atomic E-state index is 9.37. The molecule has 9 heteroatoms. The van der Waals surface area contributed by atoms with E-state index in [-0.39, 0.29) is 18.3 Å². The summed E-state index contributed by atoms with van der Waals surface area (Å²) in [5.41, 5.74) is 13.3. The highest BCUT2D eigenvalue weighted by atomic mass is 16.5. The number of aliphatic hydroxyl groups excluding tert-OH is 1. The van der Waals surface area contributed by atoms with Gasteiger partial charge in [0.1, 0.15) is 23.3 Å². The van der Waals surface area contributed by atoms with Gasteiger partial charge in [0.05, 0.1) is 31.2 Å². The third kappa shape index (κ3) is 5.02. The number of anilines is 2. The summed E-state index contributed by atoms with van der Waals surface area (Å²) in [6.45, 7) is 4.97. The van der Waals surface area contributed by atoms with E-state index in [1.54, 1.807) is 44.6 Å². The van der Waals surface area contributed by atoms with Crippen LogP contribution in [-0.2, 0) is 6.61 Å². The van der Waals surface area contributed by atoms with Crippen LogP contribution in [0.25, 0.3) is 0 Å². The molecule has 0 aliphatic heterocycles. The van der Waals surface area contributed by atoms with Crippen molar-refractivity contribution < 1.29 is 9.84 Å². The van der Waals surface area contributed by atoms with E-state index in [2.05, 4.69) is 31.8 Å². The van der Waals surface area contributed by atoms with Crippen LogP contribution >= 0.6 is 0 Å². The molecule has 0 bridgehead atoms. The molecule has 136 valence electrons. The first-order valence-corrected chi connectivity index (χ1v) is 7.64. The van der Waals surface area contributed by atoms with Crippen LogP contribution in [0.4, 0.5) is 11.5 Å². The molecule has 0 aromatic carbocycles. The van der Waals surface area contributed by atoms with Crippen molar-refractivity contribution in [3.8, 4) is 5.88 Å². The van der Waals surface area contributed by atoms with Gasteiger partial charge in [-0.25, -0.2) is 20.0 Å². The summed E-state index contributed by atoms with van der Waals surface area (Å²) >= 11 is 0. The van der Waals surface area contributed by atoms with Crippen molar-refractivity contribution in [1.29, 1.82) is 0 Å². The summed E-state index contributed by atoms with van der Waals surface area (Å²) in [7, 11) is 1.54. The second-order valence-electron chi connectivity index (χ2n) is 5.26. The zero-order chi connectivity index (χ0) is 19.1. The molecule has 9 nitrogen and oxygen atoms in total. The lowest BCUT2D eigenvalue weighted by atomic mass is 10.1. The zero-order valence-corrected chi connectivity index (χ0v) is 14.6. The minimum Gasteiger partial charge on any atom is -0.481 e. The Labute approximate surface area is 151 Å². The minimum atomic E-state index is -0.176. The van der Waals surface area contributed by atoms with E-state index < -0.39 is 0 Å². The highest BCUT2D eigenvalue weighted by Gasteiger charge is 2.11. The number of rotatable bonds is 6. The van der Waals surface area contributed by atoms with Gasteiger partial charge in [0.25, 0.3) is 0 Å². The first-order valence-electron chi connectivity index (χ1n) is 7.64. The lowest BCUT2D eigenvalue weighted by Crippen LogP contribution is -2.18. The Morgan fingerprint density at radius 3 is 2.62 bits per heavy atom. The van der Waals surface area contributed by atoms with Crippen molar-refractivity contribution in [1.82, 2.24) is 9.97 Å². The number of aliphatic hydroxyl groups is 1. The molecule has 0 aliphatic carbocycles. The van der Waals surface area contributed by atoms with Crippen LogP contribution in [0.3, 0.4) is 0 Å². The SMILES string of the molecule is C=C(N)/N=C(C)\N=C(/N)c1cc(CO)cnc1Nc1ccc(OC)nc1. The molecule has 0 aliphatic rings. The normalized spacial score (nSPS) is 12.0. The van der Waals surface area contributed by atoms with Crippen molar-refractivity contribution >= 4 is 23.2 Å². The van der Waals surface area contributed by atoms with Crippen molar-refractivity contribution in [2.45, 2.75) is 13.5 Å². The number of ether oxygens (including phenoxy) is 1. The average molecular weight is 355 g/mol. The minimum absolute atomic E-state index is 0.129. The molecule has 0 atom stereocenters. The van der Waals surface area contributed by atoms with Crippen molar-refractivity contribution in [2.24, 2.45) is 21.5 Å². The zero-order valence-electron chi connectivity index (χ0n) is 14.6. The molecule has 2 heterocycles. The maximum absolute atomic E-state index is 9.37. The summed E-state index contributed by atoms with van der Waals surface area (Å²) < 4.78 is 5.04. The molecule has 6 N–H and O–H groups in total.